The first-order valence-electron chi connectivity index (χ1n) is 10.5. The Morgan fingerprint density at radius 2 is 1.70 bits per heavy atom. The summed E-state index contributed by atoms with van der Waals surface area (Å²) in [6, 6.07) is 0. The number of carbonyl (C=O) groups is 1. The predicted octanol–water partition coefficient (Wildman–Crippen LogP) is 6.26. The average molecular weight is 319 g/mol. The Kier molecular flexibility index (Phi) is 5.24. The number of ketones is 1. The number of rotatable bonds is 5. The first kappa shape index (κ1) is 17.5. The second-order valence-corrected chi connectivity index (χ2v) is 9.30. The lowest BCUT2D eigenvalue weighted by molar-refractivity contribution is -0.127. The molecule has 1 heteroatoms. The van der Waals surface area contributed by atoms with Crippen LogP contribution in [-0.4, -0.2) is 5.78 Å². The van der Waals surface area contributed by atoms with E-state index in [-0.39, 0.29) is 0 Å². The third-order valence-corrected chi connectivity index (χ3v) is 8.29. The molecule has 0 aliphatic heterocycles. The van der Waals surface area contributed by atoms with E-state index in [9.17, 15) is 4.79 Å². The Labute approximate surface area is 144 Å². The molecular formula is C22H38O. The van der Waals surface area contributed by atoms with Crippen molar-refractivity contribution in [2.45, 2.75) is 91.9 Å². The molecule has 3 rings (SSSR count). The SMILES string of the molecule is CCCC1CCC2C(CCC3(C)C(C(C)=O)CCC23)C1CCC. The molecule has 0 amide bonds. The van der Waals surface area contributed by atoms with E-state index in [2.05, 4.69) is 20.8 Å². The van der Waals surface area contributed by atoms with Crippen LogP contribution in [0.15, 0.2) is 0 Å². The van der Waals surface area contributed by atoms with Crippen molar-refractivity contribution in [3.8, 4) is 0 Å². The van der Waals surface area contributed by atoms with E-state index < -0.39 is 0 Å². The number of Topliss-reactive ketones (excluding diaryl/α,β-unsaturated/α-hetero) is 1. The zero-order valence-electron chi connectivity index (χ0n) is 15.9. The molecule has 3 saturated carbocycles. The van der Waals surface area contributed by atoms with Gasteiger partial charge in [-0.25, -0.2) is 0 Å². The van der Waals surface area contributed by atoms with Crippen LogP contribution in [0.5, 0.6) is 0 Å². The molecule has 3 aliphatic rings. The largest absolute Gasteiger partial charge is 0.300 e. The van der Waals surface area contributed by atoms with Crippen molar-refractivity contribution in [3.05, 3.63) is 0 Å². The van der Waals surface area contributed by atoms with Crippen molar-refractivity contribution in [1.82, 2.24) is 0 Å². The maximum Gasteiger partial charge on any atom is 0.133 e. The van der Waals surface area contributed by atoms with E-state index in [4.69, 9.17) is 0 Å². The van der Waals surface area contributed by atoms with Gasteiger partial charge in [0.05, 0.1) is 0 Å². The Bertz CT molecular complexity index is 428. The van der Waals surface area contributed by atoms with Gasteiger partial charge in [-0.1, -0.05) is 46.5 Å². The predicted molar refractivity (Wildman–Crippen MR) is 97.2 cm³/mol. The molecule has 1 nitrogen and oxygen atoms in total. The second kappa shape index (κ2) is 6.89. The van der Waals surface area contributed by atoms with Gasteiger partial charge in [0.2, 0.25) is 0 Å². The molecule has 3 fully saturated rings. The fourth-order valence-corrected chi connectivity index (χ4v) is 7.41. The summed E-state index contributed by atoms with van der Waals surface area (Å²) in [6.07, 6.45) is 13.8. The van der Waals surface area contributed by atoms with Gasteiger partial charge < -0.3 is 0 Å². The zero-order chi connectivity index (χ0) is 16.6. The summed E-state index contributed by atoms with van der Waals surface area (Å²) < 4.78 is 0. The average Bonchev–Trinajstić information content (AvgIpc) is 2.87. The molecule has 0 aromatic carbocycles. The summed E-state index contributed by atoms with van der Waals surface area (Å²) in [4.78, 5) is 12.2. The summed E-state index contributed by atoms with van der Waals surface area (Å²) in [6.45, 7) is 9.06. The molecule has 0 radical (unpaired) electrons. The Morgan fingerprint density at radius 3 is 2.35 bits per heavy atom. The quantitative estimate of drug-likeness (QED) is 0.584. The second-order valence-electron chi connectivity index (χ2n) is 9.30. The van der Waals surface area contributed by atoms with Crippen LogP contribution in [0, 0.1) is 40.9 Å². The molecule has 0 bridgehead atoms. The van der Waals surface area contributed by atoms with Gasteiger partial charge in [0.15, 0.2) is 0 Å². The third-order valence-electron chi connectivity index (χ3n) is 8.29. The Balaban J connectivity index is 1.81. The lowest BCUT2D eigenvalue weighted by Crippen LogP contribution is -2.48. The van der Waals surface area contributed by atoms with Gasteiger partial charge in [-0.15, -0.1) is 0 Å². The summed E-state index contributed by atoms with van der Waals surface area (Å²) in [7, 11) is 0. The summed E-state index contributed by atoms with van der Waals surface area (Å²) >= 11 is 0. The van der Waals surface area contributed by atoms with Crippen LogP contribution in [0.4, 0.5) is 0 Å². The molecule has 0 aromatic heterocycles. The highest BCUT2D eigenvalue weighted by atomic mass is 16.1. The molecule has 132 valence electrons. The minimum atomic E-state index is 0.335. The fourth-order valence-electron chi connectivity index (χ4n) is 7.41. The van der Waals surface area contributed by atoms with Crippen LogP contribution >= 0.6 is 0 Å². The first-order chi connectivity index (χ1) is 11.0. The molecule has 0 heterocycles. The third kappa shape index (κ3) is 2.91. The smallest absolute Gasteiger partial charge is 0.133 e. The number of fused-ring (bicyclic) bond motifs is 3. The van der Waals surface area contributed by atoms with Crippen molar-refractivity contribution in [3.63, 3.8) is 0 Å². The molecule has 23 heavy (non-hydrogen) atoms. The van der Waals surface area contributed by atoms with Gasteiger partial charge in [0.1, 0.15) is 5.78 Å². The lowest BCUT2D eigenvalue weighted by Gasteiger charge is -2.54. The highest BCUT2D eigenvalue weighted by Crippen LogP contribution is 2.63. The van der Waals surface area contributed by atoms with Crippen LogP contribution in [0.3, 0.4) is 0 Å². The van der Waals surface area contributed by atoms with Gasteiger partial charge in [-0.2, -0.15) is 0 Å². The van der Waals surface area contributed by atoms with E-state index in [1.807, 2.05) is 6.92 Å². The molecule has 0 saturated heterocycles. The summed E-state index contributed by atoms with van der Waals surface area (Å²) in [5.74, 6) is 5.57. The van der Waals surface area contributed by atoms with E-state index >= 15 is 0 Å². The van der Waals surface area contributed by atoms with Crippen LogP contribution in [0.2, 0.25) is 0 Å². The normalized spacial score (nSPS) is 46.3. The van der Waals surface area contributed by atoms with Crippen LogP contribution < -0.4 is 0 Å². The molecule has 3 aliphatic carbocycles. The zero-order valence-corrected chi connectivity index (χ0v) is 15.9. The highest BCUT2D eigenvalue weighted by molar-refractivity contribution is 5.79. The van der Waals surface area contributed by atoms with Crippen molar-refractivity contribution in [2.24, 2.45) is 40.9 Å². The van der Waals surface area contributed by atoms with Crippen LogP contribution in [0.1, 0.15) is 91.9 Å². The summed E-state index contributed by atoms with van der Waals surface area (Å²) in [5.41, 5.74) is 0.335. The minimum Gasteiger partial charge on any atom is -0.300 e. The van der Waals surface area contributed by atoms with E-state index in [1.165, 1.54) is 64.2 Å². The standard InChI is InChI=1S/C22H38O/c1-5-7-16-9-10-19-18(17(16)8-6-2)13-14-22(4)20(15(3)23)11-12-21(19)22/h16-21H,5-14H2,1-4H3. The molecule has 0 aromatic rings. The first-order valence-corrected chi connectivity index (χ1v) is 10.5. The maximum absolute atomic E-state index is 12.2. The monoisotopic (exact) mass is 318 g/mol. The van der Waals surface area contributed by atoms with Gasteiger partial charge in [-0.3, -0.25) is 4.79 Å². The van der Waals surface area contributed by atoms with Crippen LogP contribution in [-0.2, 0) is 4.79 Å². The number of hydrogen-bond donors (Lipinski definition) is 0. The van der Waals surface area contributed by atoms with Crippen molar-refractivity contribution < 1.29 is 4.79 Å². The van der Waals surface area contributed by atoms with Gasteiger partial charge >= 0.3 is 0 Å². The molecule has 7 unspecified atom stereocenters. The topological polar surface area (TPSA) is 17.1 Å². The van der Waals surface area contributed by atoms with Gasteiger partial charge in [0, 0.05) is 5.92 Å². The van der Waals surface area contributed by atoms with E-state index in [0.29, 0.717) is 17.1 Å². The van der Waals surface area contributed by atoms with E-state index in [0.717, 1.165) is 29.6 Å². The highest BCUT2D eigenvalue weighted by Gasteiger charge is 2.57. The maximum atomic E-state index is 12.2. The lowest BCUT2D eigenvalue weighted by atomic mass is 9.50. The Morgan fingerprint density at radius 1 is 0.957 bits per heavy atom. The Hall–Kier alpha value is -0.330. The van der Waals surface area contributed by atoms with Gasteiger partial charge in [-0.05, 0) is 80.5 Å². The minimum absolute atomic E-state index is 0.335. The molecule has 0 spiro atoms. The van der Waals surface area contributed by atoms with Crippen molar-refractivity contribution in [2.75, 3.05) is 0 Å². The van der Waals surface area contributed by atoms with E-state index in [1.54, 1.807) is 0 Å². The van der Waals surface area contributed by atoms with Crippen molar-refractivity contribution >= 4 is 5.78 Å². The fraction of sp³-hybridized carbons (Fsp3) is 0.955. The number of hydrogen-bond acceptors (Lipinski definition) is 1. The molecule has 7 atom stereocenters. The van der Waals surface area contributed by atoms with Crippen molar-refractivity contribution in [1.29, 1.82) is 0 Å². The summed E-state index contributed by atoms with van der Waals surface area (Å²) in [5, 5.41) is 0. The van der Waals surface area contributed by atoms with Gasteiger partial charge in [0.25, 0.3) is 0 Å². The molecular weight excluding hydrogens is 280 g/mol. The number of carbonyl (C=O) groups excluding carboxylic acids is 1. The van der Waals surface area contributed by atoms with Crippen LogP contribution in [0.25, 0.3) is 0 Å². The molecule has 0 N–H and O–H groups in total.